The summed E-state index contributed by atoms with van der Waals surface area (Å²) >= 11 is 9.99. The van der Waals surface area contributed by atoms with Crippen molar-refractivity contribution < 1.29 is 14.3 Å². The largest absolute Gasteiger partial charge is 0.484 e. The van der Waals surface area contributed by atoms with Crippen molar-refractivity contribution in [2.24, 2.45) is 0 Å². The summed E-state index contributed by atoms with van der Waals surface area (Å²) in [6, 6.07) is 13.7. The van der Waals surface area contributed by atoms with Gasteiger partial charge in [-0.1, -0.05) is 23.7 Å². The van der Waals surface area contributed by atoms with Gasteiger partial charge in [0.2, 0.25) is 0 Å². The summed E-state index contributed by atoms with van der Waals surface area (Å²) in [6.45, 7) is 0.520. The Balaban J connectivity index is 1.65. The van der Waals surface area contributed by atoms with Crippen molar-refractivity contribution >= 4 is 36.0 Å². The average Bonchev–Trinajstić information content (AvgIpc) is 2.58. The van der Waals surface area contributed by atoms with Crippen LogP contribution in [0, 0.1) is 0 Å². The number of thiol groups is 1. The molecule has 2 aromatic rings. The van der Waals surface area contributed by atoms with Gasteiger partial charge in [-0.3, -0.25) is 9.59 Å². The summed E-state index contributed by atoms with van der Waals surface area (Å²) in [5.74, 6) is 0.0642. The first-order valence-corrected chi connectivity index (χ1v) is 8.10. The zero-order valence-corrected chi connectivity index (χ0v) is 14.4. The monoisotopic (exact) mass is 364 g/mol. The standard InChI is InChI=1S/C17H17ClN2O3S/c18-12-5-7-13(8-6-12)23-11-16(21)19-9-10-20-17(22)14-3-1-2-4-15(14)24/h1-8,24H,9-11H2,(H,19,21)(H,20,22). The summed E-state index contributed by atoms with van der Waals surface area (Å²) in [5, 5.41) is 5.98. The van der Waals surface area contributed by atoms with Gasteiger partial charge in [0.15, 0.2) is 6.61 Å². The van der Waals surface area contributed by atoms with Gasteiger partial charge in [0.05, 0.1) is 5.56 Å². The maximum Gasteiger partial charge on any atom is 0.258 e. The predicted molar refractivity (Wildman–Crippen MR) is 96.0 cm³/mol. The molecule has 2 amide bonds. The SMILES string of the molecule is O=C(COc1ccc(Cl)cc1)NCCNC(=O)c1ccccc1S. The van der Waals surface area contributed by atoms with Crippen LogP contribution in [0.1, 0.15) is 10.4 Å². The molecule has 0 aromatic heterocycles. The molecule has 0 saturated heterocycles. The van der Waals surface area contributed by atoms with Gasteiger partial charge < -0.3 is 15.4 Å². The van der Waals surface area contributed by atoms with Crippen LogP contribution < -0.4 is 15.4 Å². The Morgan fingerprint density at radius 2 is 1.67 bits per heavy atom. The normalized spacial score (nSPS) is 10.1. The lowest BCUT2D eigenvalue weighted by molar-refractivity contribution is -0.123. The highest BCUT2D eigenvalue weighted by Gasteiger charge is 2.08. The zero-order chi connectivity index (χ0) is 17.4. The lowest BCUT2D eigenvalue weighted by Gasteiger charge is -2.09. The van der Waals surface area contributed by atoms with Crippen LogP contribution in [-0.4, -0.2) is 31.5 Å². The number of nitrogens with one attached hydrogen (secondary N) is 2. The van der Waals surface area contributed by atoms with Crippen LogP contribution >= 0.6 is 24.2 Å². The van der Waals surface area contributed by atoms with Crippen LogP contribution in [0.2, 0.25) is 5.02 Å². The van der Waals surface area contributed by atoms with Gasteiger partial charge >= 0.3 is 0 Å². The molecule has 0 spiro atoms. The highest BCUT2D eigenvalue weighted by Crippen LogP contribution is 2.15. The predicted octanol–water partition coefficient (Wildman–Crippen LogP) is 2.55. The van der Waals surface area contributed by atoms with Crippen molar-refractivity contribution in [3.63, 3.8) is 0 Å². The van der Waals surface area contributed by atoms with E-state index < -0.39 is 0 Å². The van der Waals surface area contributed by atoms with Crippen LogP contribution in [0.25, 0.3) is 0 Å². The van der Waals surface area contributed by atoms with E-state index in [1.807, 2.05) is 0 Å². The Bertz CT molecular complexity index is 707. The Hall–Kier alpha value is -2.18. The lowest BCUT2D eigenvalue weighted by Crippen LogP contribution is -2.36. The van der Waals surface area contributed by atoms with E-state index in [4.69, 9.17) is 16.3 Å². The molecular weight excluding hydrogens is 348 g/mol. The first-order valence-electron chi connectivity index (χ1n) is 7.27. The second-order valence-corrected chi connectivity index (χ2v) is 5.78. The van der Waals surface area contributed by atoms with Gasteiger partial charge in [0, 0.05) is 23.0 Å². The minimum Gasteiger partial charge on any atom is -0.484 e. The fourth-order valence-corrected chi connectivity index (χ4v) is 2.26. The molecule has 7 heteroatoms. The van der Waals surface area contributed by atoms with E-state index in [2.05, 4.69) is 23.3 Å². The summed E-state index contributed by atoms with van der Waals surface area (Å²) in [5.41, 5.74) is 0.498. The summed E-state index contributed by atoms with van der Waals surface area (Å²) in [7, 11) is 0. The number of carbonyl (C=O) groups is 2. The average molecular weight is 365 g/mol. The molecule has 0 heterocycles. The van der Waals surface area contributed by atoms with E-state index in [-0.39, 0.29) is 18.4 Å². The fourth-order valence-electron chi connectivity index (χ4n) is 1.87. The number of rotatable bonds is 7. The summed E-state index contributed by atoms with van der Waals surface area (Å²) < 4.78 is 5.32. The van der Waals surface area contributed by atoms with E-state index >= 15 is 0 Å². The van der Waals surface area contributed by atoms with Crippen LogP contribution in [-0.2, 0) is 4.79 Å². The zero-order valence-electron chi connectivity index (χ0n) is 12.8. The molecule has 0 fully saturated rings. The molecule has 126 valence electrons. The van der Waals surface area contributed by atoms with Crippen LogP contribution in [0.15, 0.2) is 53.4 Å². The van der Waals surface area contributed by atoms with Crippen molar-refractivity contribution in [3.05, 3.63) is 59.1 Å². The maximum atomic E-state index is 11.9. The number of halogens is 1. The third-order valence-electron chi connectivity index (χ3n) is 3.06. The second kappa shape index (κ2) is 9.20. The molecule has 0 aliphatic rings. The van der Waals surface area contributed by atoms with Gasteiger partial charge in [-0.2, -0.15) is 0 Å². The highest BCUT2D eigenvalue weighted by atomic mass is 35.5. The Labute approximate surface area is 150 Å². The van der Waals surface area contributed by atoms with Crippen molar-refractivity contribution in [2.45, 2.75) is 4.90 Å². The van der Waals surface area contributed by atoms with E-state index in [1.54, 1.807) is 48.5 Å². The van der Waals surface area contributed by atoms with Crippen molar-refractivity contribution in [1.82, 2.24) is 10.6 Å². The molecule has 0 bridgehead atoms. The Kier molecular flexibility index (Phi) is 6.96. The number of amides is 2. The van der Waals surface area contributed by atoms with Gasteiger partial charge in [-0.15, -0.1) is 12.6 Å². The third kappa shape index (κ3) is 5.79. The molecule has 0 aliphatic carbocycles. The van der Waals surface area contributed by atoms with E-state index in [0.29, 0.717) is 34.3 Å². The summed E-state index contributed by atoms with van der Waals surface area (Å²) in [4.78, 5) is 24.2. The number of hydrogen-bond donors (Lipinski definition) is 3. The number of hydrogen-bond acceptors (Lipinski definition) is 4. The first-order chi connectivity index (χ1) is 11.6. The molecule has 24 heavy (non-hydrogen) atoms. The molecular formula is C17H17ClN2O3S. The molecule has 0 unspecified atom stereocenters. The smallest absolute Gasteiger partial charge is 0.258 e. The van der Waals surface area contributed by atoms with Crippen LogP contribution in [0.3, 0.4) is 0 Å². The lowest BCUT2D eigenvalue weighted by atomic mass is 10.2. The van der Waals surface area contributed by atoms with Crippen LogP contribution in [0.4, 0.5) is 0 Å². The van der Waals surface area contributed by atoms with E-state index in [0.717, 1.165) is 0 Å². The van der Waals surface area contributed by atoms with Gasteiger partial charge in [-0.25, -0.2) is 0 Å². The quantitative estimate of drug-likeness (QED) is 0.522. The molecule has 0 atom stereocenters. The minimum atomic E-state index is -0.270. The molecule has 0 saturated carbocycles. The molecule has 5 nitrogen and oxygen atoms in total. The molecule has 2 rings (SSSR count). The number of ether oxygens (including phenoxy) is 1. The topological polar surface area (TPSA) is 67.4 Å². The van der Waals surface area contributed by atoms with E-state index in [1.165, 1.54) is 0 Å². The molecule has 0 radical (unpaired) electrons. The fraction of sp³-hybridized carbons (Fsp3) is 0.176. The van der Waals surface area contributed by atoms with Gasteiger partial charge in [0.1, 0.15) is 5.75 Å². The third-order valence-corrected chi connectivity index (χ3v) is 3.71. The highest BCUT2D eigenvalue weighted by molar-refractivity contribution is 7.80. The van der Waals surface area contributed by atoms with Gasteiger partial charge in [-0.05, 0) is 36.4 Å². The first kappa shape index (κ1) is 18.2. The maximum absolute atomic E-state index is 11.9. The van der Waals surface area contributed by atoms with Crippen molar-refractivity contribution in [3.8, 4) is 5.75 Å². The number of carbonyl (C=O) groups excluding carboxylic acids is 2. The Morgan fingerprint density at radius 1 is 1.00 bits per heavy atom. The Morgan fingerprint density at radius 3 is 2.38 bits per heavy atom. The second-order valence-electron chi connectivity index (χ2n) is 4.87. The van der Waals surface area contributed by atoms with E-state index in [9.17, 15) is 9.59 Å². The van der Waals surface area contributed by atoms with Gasteiger partial charge in [0.25, 0.3) is 11.8 Å². The number of benzene rings is 2. The summed E-state index contributed by atoms with van der Waals surface area (Å²) in [6.07, 6.45) is 0. The minimum absolute atomic E-state index is 0.102. The molecule has 2 aromatic carbocycles. The molecule has 0 aliphatic heterocycles. The van der Waals surface area contributed by atoms with Crippen LogP contribution in [0.5, 0.6) is 5.75 Å². The van der Waals surface area contributed by atoms with Crippen molar-refractivity contribution in [1.29, 1.82) is 0 Å². The van der Waals surface area contributed by atoms with Crippen molar-refractivity contribution in [2.75, 3.05) is 19.7 Å². The molecule has 2 N–H and O–H groups in total.